The fourth-order valence-electron chi connectivity index (χ4n) is 3.12. The summed E-state index contributed by atoms with van der Waals surface area (Å²) in [4.78, 5) is 35.4. The van der Waals surface area contributed by atoms with Crippen LogP contribution in [-0.4, -0.2) is 22.9 Å². The number of anilines is 1. The average molecular weight is 318 g/mol. The molecule has 1 aromatic carbocycles. The highest BCUT2D eigenvalue weighted by Crippen LogP contribution is 2.39. The Morgan fingerprint density at radius 3 is 2.17 bits per heavy atom. The minimum Gasteiger partial charge on any atom is -0.480 e. The number of hydrogen-bond acceptors (Lipinski definition) is 3. The Labute approximate surface area is 135 Å². The molecule has 0 bridgehead atoms. The molecule has 6 heteroatoms. The Hall–Kier alpha value is -2.37. The van der Waals surface area contributed by atoms with Crippen LogP contribution < -0.4 is 11.1 Å². The number of rotatable bonds is 5. The van der Waals surface area contributed by atoms with Crippen molar-refractivity contribution in [3.63, 3.8) is 0 Å². The smallest absolute Gasteiger partial charge is 0.319 e. The largest absolute Gasteiger partial charge is 0.480 e. The fraction of sp³-hybridized carbons (Fsp3) is 0.471. The predicted molar refractivity (Wildman–Crippen MR) is 85.9 cm³/mol. The van der Waals surface area contributed by atoms with E-state index in [1.807, 2.05) is 0 Å². The van der Waals surface area contributed by atoms with E-state index in [0.29, 0.717) is 11.3 Å². The SMILES string of the molecule is CC(C(=O)O)(C(=O)Nc1ccc(C(N)=O)cc1)C1CCCCC1. The number of nitrogens with two attached hydrogens (primary N) is 1. The number of carboxylic acids is 1. The van der Waals surface area contributed by atoms with Crippen LogP contribution in [0.4, 0.5) is 5.69 Å². The Kier molecular flexibility index (Phi) is 5.03. The predicted octanol–water partition coefficient (Wildman–Crippen LogP) is 2.40. The van der Waals surface area contributed by atoms with Gasteiger partial charge >= 0.3 is 5.97 Å². The van der Waals surface area contributed by atoms with Crippen LogP contribution in [0.25, 0.3) is 0 Å². The molecule has 1 aliphatic rings. The Balaban J connectivity index is 2.17. The van der Waals surface area contributed by atoms with Gasteiger partial charge in [-0.05, 0) is 49.9 Å². The van der Waals surface area contributed by atoms with Crippen molar-refractivity contribution in [2.45, 2.75) is 39.0 Å². The first-order valence-corrected chi connectivity index (χ1v) is 7.80. The quantitative estimate of drug-likeness (QED) is 0.724. The van der Waals surface area contributed by atoms with Crippen molar-refractivity contribution < 1.29 is 19.5 Å². The van der Waals surface area contributed by atoms with Gasteiger partial charge in [0.15, 0.2) is 0 Å². The van der Waals surface area contributed by atoms with Crippen LogP contribution in [0.15, 0.2) is 24.3 Å². The van der Waals surface area contributed by atoms with E-state index in [1.54, 1.807) is 12.1 Å². The zero-order chi connectivity index (χ0) is 17.0. The molecule has 0 spiro atoms. The van der Waals surface area contributed by atoms with Gasteiger partial charge in [0.1, 0.15) is 5.41 Å². The lowest BCUT2D eigenvalue weighted by Gasteiger charge is -2.35. The van der Waals surface area contributed by atoms with Gasteiger partial charge in [-0.2, -0.15) is 0 Å². The Morgan fingerprint density at radius 2 is 1.70 bits per heavy atom. The molecule has 0 heterocycles. The maximum absolute atomic E-state index is 12.6. The maximum atomic E-state index is 12.6. The molecule has 1 aliphatic carbocycles. The summed E-state index contributed by atoms with van der Waals surface area (Å²) in [6, 6.07) is 6.08. The van der Waals surface area contributed by atoms with E-state index < -0.39 is 23.2 Å². The summed E-state index contributed by atoms with van der Waals surface area (Å²) in [6.07, 6.45) is 4.48. The lowest BCUT2D eigenvalue weighted by atomic mass is 9.69. The number of primary amides is 1. The number of carboxylic acid groups (broad SMARTS) is 1. The average Bonchev–Trinajstić information content (AvgIpc) is 2.55. The third-order valence-electron chi connectivity index (χ3n) is 4.76. The van der Waals surface area contributed by atoms with E-state index in [0.717, 1.165) is 32.1 Å². The minimum atomic E-state index is -1.46. The number of carbonyl (C=O) groups is 3. The molecule has 1 atom stereocenters. The van der Waals surface area contributed by atoms with Gasteiger partial charge in [0.05, 0.1) is 0 Å². The van der Waals surface area contributed by atoms with E-state index >= 15 is 0 Å². The first-order chi connectivity index (χ1) is 10.9. The molecule has 4 N–H and O–H groups in total. The van der Waals surface area contributed by atoms with Crippen molar-refractivity contribution in [3.8, 4) is 0 Å². The van der Waals surface area contributed by atoms with Gasteiger partial charge in [-0.15, -0.1) is 0 Å². The van der Waals surface area contributed by atoms with Crippen LogP contribution >= 0.6 is 0 Å². The second-order valence-electron chi connectivity index (χ2n) is 6.24. The number of amides is 2. The summed E-state index contributed by atoms with van der Waals surface area (Å²) >= 11 is 0. The number of nitrogens with one attached hydrogen (secondary N) is 1. The second kappa shape index (κ2) is 6.81. The van der Waals surface area contributed by atoms with Crippen LogP contribution in [0, 0.1) is 11.3 Å². The first kappa shape index (κ1) is 17.0. The van der Waals surface area contributed by atoms with Crippen molar-refractivity contribution in [1.82, 2.24) is 0 Å². The molecule has 1 aromatic rings. The summed E-state index contributed by atoms with van der Waals surface area (Å²) in [5, 5.41) is 12.3. The molecule has 1 unspecified atom stereocenters. The van der Waals surface area contributed by atoms with E-state index in [-0.39, 0.29) is 5.92 Å². The third kappa shape index (κ3) is 3.52. The second-order valence-corrected chi connectivity index (χ2v) is 6.24. The maximum Gasteiger partial charge on any atom is 0.319 e. The van der Waals surface area contributed by atoms with Crippen LogP contribution in [-0.2, 0) is 9.59 Å². The minimum absolute atomic E-state index is 0.168. The molecule has 124 valence electrons. The highest BCUT2D eigenvalue weighted by molar-refractivity contribution is 6.08. The normalized spacial score (nSPS) is 18.0. The fourth-order valence-corrected chi connectivity index (χ4v) is 3.12. The van der Waals surface area contributed by atoms with E-state index in [4.69, 9.17) is 5.73 Å². The number of carbonyl (C=O) groups excluding carboxylic acids is 2. The molecule has 1 saturated carbocycles. The molecule has 6 nitrogen and oxygen atoms in total. The lowest BCUT2D eigenvalue weighted by molar-refractivity contribution is -0.157. The molecule has 23 heavy (non-hydrogen) atoms. The zero-order valence-corrected chi connectivity index (χ0v) is 13.2. The molecule has 0 aromatic heterocycles. The van der Waals surface area contributed by atoms with Crippen molar-refractivity contribution in [2.24, 2.45) is 17.1 Å². The third-order valence-corrected chi connectivity index (χ3v) is 4.76. The number of benzene rings is 1. The van der Waals surface area contributed by atoms with Gasteiger partial charge in [-0.25, -0.2) is 0 Å². The molecule has 0 saturated heterocycles. The van der Waals surface area contributed by atoms with Gasteiger partial charge in [0.2, 0.25) is 11.8 Å². The summed E-state index contributed by atoms with van der Waals surface area (Å²) in [7, 11) is 0. The molecule has 1 fully saturated rings. The molecular formula is C17H22N2O4. The monoisotopic (exact) mass is 318 g/mol. The van der Waals surface area contributed by atoms with Crippen LogP contribution in [0.2, 0.25) is 0 Å². The molecular weight excluding hydrogens is 296 g/mol. The molecule has 2 rings (SSSR count). The van der Waals surface area contributed by atoms with Gasteiger partial charge in [-0.1, -0.05) is 19.3 Å². The van der Waals surface area contributed by atoms with Gasteiger partial charge in [-0.3, -0.25) is 14.4 Å². The van der Waals surface area contributed by atoms with Gasteiger partial charge < -0.3 is 16.2 Å². The summed E-state index contributed by atoms with van der Waals surface area (Å²) in [6.45, 7) is 1.50. The number of aliphatic carboxylic acids is 1. The topological polar surface area (TPSA) is 109 Å². The first-order valence-electron chi connectivity index (χ1n) is 7.80. The van der Waals surface area contributed by atoms with Crippen molar-refractivity contribution in [3.05, 3.63) is 29.8 Å². The summed E-state index contributed by atoms with van der Waals surface area (Å²) < 4.78 is 0. The summed E-state index contributed by atoms with van der Waals surface area (Å²) in [5.41, 5.74) is 4.49. The van der Waals surface area contributed by atoms with Gasteiger partial charge in [0.25, 0.3) is 0 Å². The Morgan fingerprint density at radius 1 is 1.13 bits per heavy atom. The van der Waals surface area contributed by atoms with Crippen molar-refractivity contribution >= 4 is 23.5 Å². The van der Waals surface area contributed by atoms with Crippen molar-refractivity contribution in [1.29, 1.82) is 0 Å². The van der Waals surface area contributed by atoms with E-state index in [2.05, 4.69) is 5.32 Å². The van der Waals surface area contributed by atoms with Gasteiger partial charge in [0, 0.05) is 11.3 Å². The van der Waals surface area contributed by atoms with E-state index in [1.165, 1.54) is 19.1 Å². The van der Waals surface area contributed by atoms with E-state index in [9.17, 15) is 19.5 Å². The van der Waals surface area contributed by atoms with Crippen LogP contribution in [0.1, 0.15) is 49.4 Å². The highest BCUT2D eigenvalue weighted by atomic mass is 16.4. The summed E-state index contributed by atoms with van der Waals surface area (Å²) in [5.74, 6) is -2.35. The molecule has 0 aliphatic heterocycles. The van der Waals surface area contributed by atoms with Crippen LogP contribution in [0.5, 0.6) is 0 Å². The molecule has 0 radical (unpaired) electrons. The Bertz CT molecular complexity index is 606. The standard InChI is InChI=1S/C17H22N2O4/c1-17(16(22)23,12-5-3-2-4-6-12)15(21)19-13-9-7-11(8-10-13)14(18)20/h7-10,12H,2-6H2,1H3,(H2,18,20)(H,19,21)(H,22,23). The molecule has 2 amide bonds. The lowest BCUT2D eigenvalue weighted by Crippen LogP contribution is -2.47. The highest BCUT2D eigenvalue weighted by Gasteiger charge is 2.48. The van der Waals surface area contributed by atoms with Crippen molar-refractivity contribution in [2.75, 3.05) is 5.32 Å². The number of hydrogen-bond donors (Lipinski definition) is 3. The van der Waals surface area contributed by atoms with Crippen LogP contribution in [0.3, 0.4) is 0 Å². The zero-order valence-electron chi connectivity index (χ0n) is 13.2.